The van der Waals surface area contributed by atoms with E-state index in [1.807, 2.05) is 26.0 Å². The van der Waals surface area contributed by atoms with Crippen molar-refractivity contribution >= 4 is 44.2 Å². The minimum Gasteiger partial charge on any atom is -0.296 e. The quantitative estimate of drug-likeness (QED) is 0.792. The first-order valence-electron chi connectivity index (χ1n) is 6.89. The standard InChI is InChI=1S/C15H15ClN4OS/c1-4-9-6-12(20(3)19-9)14(21)18-15-17-11-7-10(16)8(2)5-13(11)22-15/h5-7H,4H2,1-3H3,(H,17,18,21). The number of halogens is 1. The van der Waals surface area contributed by atoms with Crippen molar-refractivity contribution in [3.63, 3.8) is 0 Å². The van der Waals surface area contributed by atoms with Gasteiger partial charge in [0, 0.05) is 12.1 Å². The number of nitrogens with zero attached hydrogens (tertiary/aromatic N) is 3. The number of fused-ring (bicyclic) bond motifs is 1. The fourth-order valence-electron chi connectivity index (χ4n) is 2.18. The molecule has 22 heavy (non-hydrogen) atoms. The van der Waals surface area contributed by atoms with Gasteiger partial charge in [0.1, 0.15) is 5.69 Å². The van der Waals surface area contributed by atoms with Crippen LogP contribution >= 0.6 is 22.9 Å². The Morgan fingerprint density at radius 2 is 2.18 bits per heavy atom. The predicted octanol–water partition coefficient (Wildman–Crippen LogP) is 3.81. The molecule has 0 saturated heterocycles. The average molecular weight is 335 g/mol. The summed E-state index contributed by atoms with van der Waals surface area (Å²) in [6.45, 7) is 3.95. The van der Waals surface area contributed by atoms with Gasteiger partial charge in [0.2, 0.25) is 0 Å². The summed E-state index contributed by atoms with van der Waals surface area (Å²) in [5, 5.41) is 8.34. The van der Waals surface area contributed by atoms with Gasteiger partial charge < -0.3 is 0 Å². The number of aryl methyl sites for hydroxylation is 3. The van der Waals surface area contributed by atoms with E-state index < -0.39 is 0 Å². The predicted molar refractivity (Wildman–Crippen MR) is 89.9 cm³/mol. The molecule has 7 heteroatoms. The molecule has 0 aliphatic heterocycles. The zero-order valence-electron chi connectivity index (χ0n) is 12.5. The molecular formula is C15H15ClN4OS. The lowest BCUT2D eigenvalue weighted by Crippen LogP contribution is -2.15. The van der Waals surface area contributed by atoms with Gasteiger partial charge in [0.25, 0.3) is 5.91 Å². The van der Waals surface area contributed by atoms with E-state index in [9.17, 15) is 4.79 Å². The zero-order chi connectivity index (χ0) is 15.9. The van der Waals surface area contributed by atoms with E-state index in [0.717, 1.165) is 27.9 Å². The number of rotatable bonds is 3. The molecule has 0 aliphatic rings. The number of nitrogens with one attached hydrogen (secondary N) is 1. The largest absolute Gasteiger partial charge is 0.296 e. The number of amides is 1. The fourth-order valence-corrected chi connectivity index (χ4v) is 3.28. The van der Waals surface area contributed by atoms with Gasteiger partial charge in [-0.25, -0.2) is 4.98 Å². The Morgan fingerprint density at radius 1 is 1.41 bits per heavy atom. The second-order valence-corrected chi connectivity index (χ2v) is 6.48. The maximum atomic E-state index is 12.3. The summed E-state index contributed by atoms with van der Waals surface area (Å²) < 4.78 is 2.58. The summed E-state index contributed by atoms with van der Waals surface area (Å²) in [6.07, 6.45) is 0.792. The Kier molecular flexibility index (Phi) is 3.88. The zero-order valence-corrected chi connectivity index (χ0v) is 14.0. The monoisotopic (exact) mass is 334 g/mol. The van der Waals surface area contributed by atoms with Crippen LogP contribution < -0.4 is 5.32 Å². The molecule has 1 N–H and O–H groups in total. The van der Waals surface area contributed by atoms with Crippen LogP contribution in [0.5, 0.6) is 0 Å². The second kappa shape index (κ2) is 5.70. The van der Waals surface area contributed by atoms with Crippen LogP contribution in [0, 0.1) is 6.92 Å². The number of hydrogen-bond donors (Lipinski definition) is 1. The summed E-state index contributed by atoms with van der Waals surface area (Å²) in [4.78, 5) is 16.8. The van der Waals surface area contributed by atoms with E-state index in [1.165, 1.54) is 11.3 Å². The molecule has 3 rings (SSSR count). The Morgan fingerprint density at radius 3 is 2.86 bits per heavy atom. The van der Waals surface area contributed by atoms with Crippen LogP contribution in [0.15, 0.2) is 18.2 Å². The van der Waals surface area contributed by atoms with Gasteiger partial charge in [-0.2, -0.15) is 5.10 Å². The molecule has 3 aromatic rings. The van der Waals surface area contributed by atoms with E-state index in [2.05, 4.69) is 15.4 Å². The third-order valence-corrected chi connectivity index (χ3v) is 4.76. The molecule has 5 nitrogen and oxygen atoms in total. The third-order valence-electron chi connectivity index (χ3n) is 3.41. The van der Waals surface area contributed by atoms with E-state index >= 15 is 0 Å². The van der Waals surface area contributed by atoms with Crippen molar-refractivity contribution in [1.82, 2.24) is 14.8 Å². The molecule has 0 atom stereocenters. The van der Waals surface area contributed by atoms with Crippen molar-refractivity contribution in [2.45, 2.75) is 20.3 Å². The molecule has 2 aromatic heterocycles. The highest BCUT2D eigenvalue weighted by Gasteiger charge is 2.15. The minimum absolute atomic E-state index is 0.212. The SMILES string of the molecule is CCc1cc(C(=O)Nc2nc3cc(Cl)c(C)cc3s2)n(C)n1. The maximum absolute atomic E-state index is 12.3. The van der Waals surface area contributed by atoms with E-state index in [1.54, 1.807) is 17.8 Å². The van der Waals surface area contributed by atoms with Crippen LogP contribution in [-0.2, 0) is 13.5 Å². The summed E-state index contributed by atoms with van der Waals surface area (Å²) in [5.74, 6) is -0.212. The highest BCUT2D eigenvalue weighted by molar-refractivity contribution is 7.22. The van der Waals surface area contributed by atoms with Gasteiger partial charge >= 0.3 is 0 Å². The number of anilines is 1. The lowest BCUT2D eigenvalue weighted by atomic mass is 10.2. The summed E-state index contributed by atoms with van der Waals surface area (Å²) >= 11 is 7.53. The van der Waals surface area contributed by atoms with Crippen LogP contribution in [0.25, 0.3) is 10.2 Å². The maximum Gasteiger partial charge on any atom is 0.275 e. The van der Waals surface area contributed by atoms with Crippen LogP contribution in [0.2, 0.25) is 5.02 Å². The summed E-state index contributed by atoms with van der Waals surface area (Å²) in [6, 6.07) is 5.59. The molecule has 0 radical (unpaired) electrons. The van der Waals surface area contributed by atoms with Gasteiger partial charge in [-0.3, -0.25) is 14.8 Å². The van der Waals surface area contributed by atoms with Gasteiger partial charge in [-0.15, -0.1) is 0 Å². The van der Waals surface area contributed by atoms with Crippen molar-refractivity contribution in [1.29, 1.82) is 0 Å². The number of hydrogen-bond acceptors (Lipinski definition) is 4. The number of thiazole rings is 1. The van der Waals surface area contributed by atoms with Crippen molar-refractivity contribution in [3.8, 4) is 0 Å². The summed E-state index contributed by atoms with van der Waals surface area (Å²) in [7, 11) is 1.76. The van der Waals surface area contributed by atoms with E-state index in [0.29, 0.717) is 15.8 Å². The van der Waals surface area contributed by atoms with Gasteiger partial charge in [0.05, 0.1) is 15.9 Å². The third kappa shape index (κ3) is 2.71. The molecule has 1 aromatic carbocycles. The summed E-state index contributed by atoms with van der Waals surface area (Å²) in [5.41, 5.74) is 3.19. The first kappa shape index (κ1) is 15.0. The Hall–Kier alpha value is -1.92. The van der Waals surface area contributed by atoms with Crippen molar-refractivity contribution < 1.29 is 4.79 Å². The van der Waals surface area contributed by atoms with Crippen molar-refractivity contribution in [3.05, 3.63) is 40.2 Å². The normalized spacial score (nSPS) is 11.1. The smallest absolute Gasteiger partial charge is 0.275 e. The van der Waals surface area contributed by atoms with E-state index in [-0.39, 0.29) is 5.91 Å². The molecule has 0 fully saturated rings. The highest BCUT2D eigenvalue weighted by atomic mass is 35.5. The van der Waals surface area contributed by atoms with E-state index in [4.69, 9.17) is 11.6 Å². The molecule has 1 amide bonds. The number of carbonyl (C=O) groups is 1. The van der Waals surface area contributed by atoms with Gasteiger partial charge in [0.15, 0.2) is 5.13 Å². The second-order valence-electron chi connectivity index (χ2n) is 5.04. The number of carbonyl (C=O) groups excluding carboxylic acids is 1. The number of benzene rings is 1. The molecule has 2 heterocycles. The van der Waals surface area contributed by atoms with Crippen molar-refractivity contribution in [2.75, 3.05) is 5.32 Å². The average Bonchev–Trinajstić information content (AvgIpc) is 3.02. The van der Waals surface area contributed by atoms with Gasteiger partial charge in [-0.1, -0.05) is 29.9 Å². The molecule has 0 aliphatic carbocycles. The lowest BCUT2D eigenvalue weighted by Gasteiger charge is -2.00. The molecule has 0 unspecified atom stereocenters. The Bertz CT molecular complexity index is 829. The molecule has 0 saturated carbocycles. The first-order chi connectivity index (χ1) is 10.5. The molecule has 114 valence electrons. The molecule has 0 bridgehead atoms. The minimum atomic E-state index is -0.212. The molecular weight excluding hydrogens is 320 g/mol. The Balaban J connectivity index is 1.89. The van der Waals surface area contributed by atoms with Crippen LogP contribution in [-0.4, -0.2) is 20.7 Å². The molecule has 0 spiro atoms. The highest BCUT2D eigenvalue weighted by Crippen LogP contribution is 2.30. The number of aromatic nitrogens is 3. The van der Waals surface area contributed by atoms with Gasteiger partial charge in [-0.05, 0) is 37.1 Å². The van der Waals surface area contributed by atoms with Crippen LogP contribution in [0.3, 0.4) is 0 Å². The van der Waals surface area contributed by atoms with Crippen LogP contribution in [0.4, 0.5) is 5.13 Å². The van der Waals surface area contributed by atoms with Crippen LogP contribution in [0.1, 0.15) is 28.7 Å². The Labute approximate surface area is 136 Å². The topological polar surface area (TPSA) is 59.8 Å². The van der Waals surface area contributed by atoms with Crippen molar-refractivity contribution in [2.24, 2.45) is 7.05 Å². The lowest BCUT2D eigenvalue weighted by molar-refractivity contribution is 0.101. The first-order valence-corrected chi connectivity index (χ1v) is 8.08. The fraction of sp³-hybridized carbons (Fsp3) is 0.267.